The van der Waals surface area contributed by atoms with Gasteiger partial charge in [0.05, 0.1) is 11.0 Å². The van der Waals surface area contributed by atoms with E-state index in [2.05, 4.69) is 242 Å². The average molecular weight is 779 g/mol. The van der Waals surface area contributed by atoms with Crippen molar-refractivity contribution in [2.24, 2.45) is 0 Å². The van der Waals surface area contributed by atoms with E-state index >= 15 is 0 Å². The molecule has 1 aromatic heterocycles. The summed E-state index contributed by atoms with van der Waals surface area (Å²) >= 11 is 0. The fourth-order valence-corrected chi connectivity index (χ4v) is 10.2. The Morgan fingerprint density at radius 1 is 0.361 bits per heavy atom. The van der Waals surface area contributed by atoms with E-state index < -0.39 is 0 Å². The van der Waals surface area contributed by atoms with Crippen LogP contribution in [0.25, 0.3) is 82.4 Å². The summed E-state index contributed by atoms with van der Waals surface area (Å²) in [4.78, 5) is 2.40. The second kappa shape index (κ2) is 13.7. The Hall–Kier alpha value is -7.68. The van der Waals surface area contributed by atoms with E-state index in [0.29, 0.717) is 0 Å². The molecule has 1 aliphatic carbocycles. The lowest BCUT2D eigenvalue weighted by atomic mass is 9.82. The second-order valence-electron chi connectivity index (χ2n) is 16.9. The van der Waals surface area contributed by atoms with Gasteiger partial charge in [0, 0.05) is 44.3 Å². The van der Waals surface area contributed by atoms with Crippen molar-refractivity contribution in [2.75, 3.05) is 4.90 Å². The summed E-state index contributed by atoms with van der Waals surface area (Å²) in [5.74, 6) is 0. The Labute approximate surface area is 356 Å². The highest BCUT2D eigenvalue weighted by Gasteiger charge is 2.35. The number of benzene rings is 10. The molecule has 0 aliphatic heterocycles. The molecule has 2 nitrogen and oxygen atoms in total. The first-order valence-electron chi connectivity index (χ1n) is 21.3. The fourth-order valence-electron chi connectivity index (χ4n) is 10.2. The van der Waals surface area contributed by atoms with E-state index in [4.69, 9.17) is 0 Å². The zero-order valence-corrected chi connectivity index (χ0v) is 34.2. The summed E-state index contributed by atoms with van der Waals surface area (Å²) in [6.07, 6.45) is 0. The molecule has 0 N–H and O–H groups in total. The second-order valence-corrected chi connectivity index (χ2v) is 16.9. The molecule has 0 amide bonds. The van der Waals surface area contributed by atoms with Crippen LogP contribution in [0.1, 0.15) is 25.0 Å². The number of rotatable bonds is 6. The first kappa shape index (κ1) is 35.3. The van der Waals surface area contributed by atoms with Crippen molar-refractivity contribution in [1.82, 2.24) is 4.57 Å². The van der Waals surface area contributed by atoms with Gasteiger partial charge in [-0.05, 0) is 115 Å². The van der Waals surface area contributed by atoms with Crippen LogP contribution >= 0.6 is 0 Å². The lowest BCUT2D eigenvalue weighted by Gasteiger charge is -2.28. The van der Waals surface area contributed by atoms with Crippen molar-refractivity contribution in [3.05, 3.63) is 230 Å². The van der Waals surface area contributed by atoms with Crippen molar-refractivity contribution in [1.29, 1.82) is 0 Å². The number of hydrogen-bond acceptors (Lipinski definition) is 1. The van der Waals surface area contributed by atoms with Gasteiger partial charge in [-0.1, -0.05) is 178 Å². The molecule has 0 radical (unpaired) electrons. The maximum atomic E-state index is 2.46. The summed E-state index contributed by atoms with van der Waals surface area (Å²) in [6, 6.07) is 80.2. The third-order valence-corrected chi connectivity index (χ3v) is 13.2. The Morgan fingerprint density at radius 2 is 0.836 bits per heavy atom. The van der Waals surface area contributed by atoms with Gasteiger partial charge in [0.25, 0.3) is 0 Å². The highest BCUT2D eigenvalue weighted by molar-refractivity contribution is 6.32. The Bertz CT molecular complexity index is 3460. The van der Waals surface area contributed by atoms with Gasteiger partial charge in [0.1, 0.15) is 0 Å². The summed E-state index contributed by atoms with van der Waals surface area (Å²) in [6.45, 7) is 4.71. The first-order chi connectivity index (χ1) is 30.0. The van der Waals surface area contributed by atoms with Gasteiger partial charge in [-0.25, -0.2) is 0 Å². The molecule has 0 bridgehead atoms. The molecule has 0 fully saturated rings. The van der Waals surface area contributed by atoms with Gasteiger partial charge in [0.15, 0.2) is 0 Å². The van der Waals surface area contributed by atoms with Crippen LogP contribution in [0.4, 0.5) is 17.1 Å². The minimum atomic E-state index is -0.0963. The molecule has 0 saturated heterocycles. The lowest BCUT2D eigenvalue weighted by molar-refractivity contribution is 0.660. The van der Waals surface area contributed by atoms with Crippen molar-refractivity contribution < 1.29 is 0 Å². The van der Waals surface area contributed by atoms with Gasteiger partial charge >= 0.3 is 0 Å². The summed E-state index contributed by atoms with van der Waals surface area (Å²) in [5.41, 5.74) is 17.1. The molecule has 61 heavy (non-hydrogen) atoms. The molecule has 10 aromatic carbocycles. The predicted octanol–water partition coefficient (Wildman–Crippen LogP) is 16.2. The van der Waals surface area contributed by atoms with E-state index in [1.165, 1.54) is 87.9 Å². The minimum Gasteiger partial charge on any atom is -0.310 e. The third kappa shape index (κ3) is 5.49. The van der Waals surface area contributed by atoms with Crippen molar-refractivity contribution in [3.63, 3.8) is 0 Å². The number of fused-ring (bicyclic) bond motifs is 11. The number of hydrogen-bond donors (Lipinski definition) is 0. The van der Waals surface area contributed by atoms with E-state index in [-0.39, 0.29) is 5.41 Å². The monoisotopic (exact) mass is 778 g/mol. The van der Waals surface area contributed by atoms with Crippen molar-refractivity contribution in [2.45, 2.75) is 19.3 Å². The predicted molar refractivity (Wildman–Crippen MR) is 259 cm³/mol. The molecule has 2 heteroatoms. The maximum Gasteiger partial charge on any atom is 0.0625 e. The van der Waals surface area contributed by atoms with E-state index in [9.17, 15) is 0 Å². The molecule has 288 valence electrons. The van der Waals surface area contributed by atoms with Gasteiger partial charge in [-0.2, -0.15) is 0 Å². The molecule has 1 aliphatic rings. The topological polar surface area (TPSA) is 8.17 Å². The molecule has 11 aromatic rings. The zero-order chi connectivity index (χ0) is 40.7. The molecule has 1 heterocycles. The Kier molecular flexibility index (Phi) is 7.92. The molecule has 0 saturated carbocycles. The molecular formula is C59H42N2. The van der Waals surface area contributed by atoms with Gasteiger partial charge in [-0.15, -0.1) is 0 Å². The summed E-state index contributed by atoms with van der Waals surface area (Å²) < 4.78 is 2.46. The van der Waals surface area contributed by atoms with Crippen LogP contribution in [0.5, 0.6) is 0 Å². The Balaban J connectivity index is 0.943. The van der Waals surface area contributed by atoms with Crippen LogP contribution in [0.3, 0.4) is 0 Å². The first-order valence-corrected chi connectivity index (χ1v) is 21.3. The van der Waals surface area contributed by atoms with Crippen LogP contribution in [0, 0.1) is 0 Å². The largest absolute Gasteiger partial charge is 0.310 e. The quantitative estimate of drug-likeness (QED) is 0.153. The summed E-state index contributed by atoms with van der Waals surface area (Å²) in [5, 5.41) is 7.71. The highest BCUT2D eigenvalue weighted by atomic mass is 15.1. The van der Waals surface area contributed by atoms with Crippen LogP contribution in [0.2, 0.25) is 0 Å². The van der Waals surface area contributed by atoms with Crippen molar-refractivity contribution in [3.8, 4) is 39.1 Å². The molecule has 0 unspecified atom stereocenters. The standard InChI is InChI=1S/C59H42N2/c1-59(2)54-22-12-10-18-49(54)50-37-36-46(38-55(50)59)60(43-30-24-40(25-31-43)39-14-4-3-5-15-39)44-32-26-41(27-33-44)42-28-34-45(35-29-42)61-56-23-13-11-21-53(56)57-51-19-8-6-16-47(51)48-17-7-9-20-52(48)58(57)61/h3-38H,1-2H3. The fraction of sp³-hybridized carbons (Fsp3) is 0.0508. The lowest BCUT2D eigenvalue weighted by Crippen LogP contribution is -2.16. The van der Waals surface area contributed by atoms with Crippen LogP contribution in [-0.2, 0) is 5.41 Å². The third-order valence-electron chi connectivity index (χ3n) is 13.2. The molecule has 0 spiro atoms. The minimum absolute atomic E-state index is 0.0963. The van der Waals surface area contributed by atoms with Crippen LogP contribution in [0.15, 0.2) is 218 Å². The number of anilines is 3. The number of aromatic nitrogens is 1. The molecule has 12 rings (SSSR count). The average Bonchev–Trinajstić information content (AvgIpc) is 3.79. The smallest absolute Gasteiger partial charge is 0.0625 e. The van der Waals surface area contributed by atoms with Crippen LogP contribution in [-0.4, -0.2) is 4.57 Å². The summed E-state index contributed by atoms with van der Waals surface area (Å²) in [7, 11) is 0. The van der Waals surface area contributed by atoms with Gasteiger partial charge < -0.3 is 9.47 Å². The Morgan fingerprint density at radius 3 is 1.51 bits per heavy atom. The molecule has 0 atom stereocenters. The maximum absolute atomic E-state index is 2.46. The molecular weight excluding hydrogens is 737 g/mol. The normalized spacial score (nSPS) is 12.9. The number of nitrogens with zero attached hydrogens (tertiary/aromatic N) is 2. The van der Waals surface area contributed by atoms with Crippen LogP contribution < -0.4 is 4.90 Å². The van der Waals surface area contributed by atoms with E-state index in [1.54, 1.807) is 0 Å². The van der Waals surface area contributed by atoms with Gasteiger partial charge in [0.2, 0.25) is 0 Å². The van der Waals surface area contributed by atoms with E-state index in [0.717, 1.165) is 22.7 Å². The van der Waals surface area contributed by atoms with Gasteiger partial charge in [-0.3, -0.25) is 0 Å². The SMILES string of the molecule is CC1(C)c2ccccc2-c2ccc(N(c3ccc(-c4ccccc4)cc3)c3ccc(-c4ccc(-n5c6ccccc6c6c7ccccc7c7ccccc7c65)cc4)cc3)cc21. The van der Waals surface area contributed by atoms with E-state index in [1.807, 2.05) is 0 Å². The zero-order valence-electron chi connectivity index (χ0n) is 34.2. The number of para-hydroxylation sites is 1. The highest BCUT2D eigenvalue weighted by Crippen LogP contribution is 2.51. The van der Waals surface area contributed by atoms with Crippen molar-refractivity contribution >= 4 is 60.4 Å².